The molecule has 0 spiro atoms. The molecule has 2 unspecified atom stereocenters. The van der Waals surface area contributed by atoms with Crippen LogP contribution in [0.25, 0.3) is 10.8 Å². The van der Waals surface area contributed by atoms with Gasteiger partial charge in [-0.05, 0) is 60.8 Å². The first-order valence-electron chi connectivity index (χ1n) is 7.33. The van der Waals surface area contributed by atoms with Gasteiger partial charge in [0.1, 0.15) is 5.75 Å². The number of aromatic hydroxyl groups is 1. The van der Waals surface area contributed by atoms with Crippen molar-refractivity contribution < 1.29 is 5.11 Å². The van der Waals surface area contributed by atoms with E-state index in [4.69, 9.17) is 0 Å². The van der Waals surface area contributed by atoms with Gasteiger partial charge in [0.05, 0.1) is 5.54 Å². The molecule has 1 saturated heterocycles. The zero-order chi connectivity index (χ0) is 13.7. The number of benzene rings is 2. The Labute approximate surface area is 119 Å². The van der Waals surface area contributed by atoms with E-state index in [1.165, 1.54) is 30.2 Å². The highest BCUT2D eigenvalue weighted by Gasteiger charge is 2.45. The first-order valence-corrected chi connectivity index (χ1v) is 7.33. The lowest BCUT2D eigenvalue weighted by atomic mass is 9.85. The van der Waals surface area contributed by atoms with Crippen LogP contribution < -0.4 is 0 Å². The van der Waals surface area contributed by atoms with Crippen LogP contribution >= 0.6 is 0 Å². The predicted octanol–water partition coefficient (Wildman–Crippen LogP) is 3.79. The molecule has 0 saturated carbocycles. The van der Waals surface area contributed by atoms with Gasteiger partial charge >= 0.3 is 0 Å². The van der Waals surface area contributed by atoms with Crippen LogP contribution in [0.3, 0.4) is 0 Å². The number of hydrogen-bond acceptors (Lipinski definition) is 2. The van der Waals surface area contributed by atoms with Crippen molar-refractivity contribution in [1.29, 1.82) is 0 Å². The molecule has 2 heterocycles. The van der Waals surface area contributed by atoms with Crippen molar-refractivity contribution in [3.8, 4) is 5.75 Å². The van der Waals surface area contributed by atoms with E-state index in [9.17, 15) is 5.11 Å². The van der Waals surface area contributed by atoms with E-state index >= 15 is 0 Å². The molecule has 1 fully saturated rings. The van der Waals surface area contributed by atoms with Crippen molar-refractivity contribution in [2.24, 2.45) is 0 Å². The Kier molecular flexibility index (Phi) is 2.45. The molecule has 20 heavy (non-hydrogen) atoms. The van der Waals surface area contributed by atoms with E-state index < -0.39 is 0 Å². The first kappa shape index (κ1) is 12.0. The molecule has 102 valence electrons. The van der Waals surface area contributed by atoms with Crippen LogP contribution in [-0.4, -0.2) is 23.1 Å². The second-order valence-corrected chi connectivity index (χ2v) is 6.11. The molecule has 0 aliphatic carbocycles. The Morgan fingerprint density at radius 1 is 1.15 bits per heavy atom. The van der Waals surface area contributed by atoms with Crippen LogP contribution in [0.2, 0.25) is 0 Å². The lowest BCUT2D eigenvalue weighted by molar-refractivity contribution is 0.168. The van der Waals surface area contributed by atoms with Crippen LogP contribution in [0.4, 0.5) is 0 Å². The number of nitrogens with zero attached hydrogens (tertiary/aromatic N) is 1. The third-order valence-corrected chi connectivity index (χ3v) is 5.16. The third-order valence-electron chi connectivity index (χ3n) is 5.16. The summed E-state index contributed by atoms with van der Waals surface area (Å²) >= 11 is 0. The average Bonchev–Trinajstić information content (AvgIpc) is 2.65. The van der Waals surface area contributed by atoms with Gasteiger partial charge in [0.2, 0.25) is 0 Å². The monoisotopic (exact) mass is 265 g/mol. The second kappa shape index (κ2) is 4.10. The minimum absolute atomic E-state index is 0.0784. The zero-order valence-electron chi connectivity index (χ0n) is 11.7. The Morgan fingerprint density at radius 2 is 1.95 bits per heavy atom. The van der Waals surface area contributed by atoms with Crippen LogP contribution in [0, 0.1) is 0 Å². The number of phenolic OH excluding ortho intramolecular Hbond substituents is 1. The first-order chi connectivity index (χ1) is 9.69. The second-order valence-electron chi connectivity index (χ2n) is 6.11. The summed E-state index contributed by atoms with van der Waals surface area (Å²) < 4.78 is 0. The number of rotatable bonds is 1. The summed E-state index contributed by atoms with van der Waals surface area (Å²) in [6.45, 7) is 0. The SMILES string of the molecule is CN1C2CC=CC1(c1ccc3cc(O)ccc3c1)CC2. The lowest BCUT2D eigenvalue weighted by Gasteiger charge is -2.39. The molecule has 0 aromatic heterocycles. The fourth-order valence-corrected chi connectivity index (χ4v) is 3.93. The van der Waals surface area contributed by atoms with Gasteiger partial charge in [-0.2, -0.15) is 0 Å². The molecule has 0 amide bonds. The highest BCUT2D eigenvalue weighted by atomic mass is 16.3. The minimum atomic E-state index is 0.0784. The number of phenols is 1. The van der Waals surface area contributed by atoms with Crippen molar-refractivity contribution in [1.82, 2.24) is 4.90 Å². The van der Waals surface area contributed by atoms with Gasteiger partial charge in [-0.1, -0.05) is 30.4 Å². The maximum Gasteiger partial charge on any atom is 0.116 e. The number of hydrogen-bond donors (Lipinski definition) is 1. The van der Waals surface area contributed by atoms with Crippen molar-refractivity contribution >= 4 is 10.8 Å². The van der Waals surface area contributed by atoms with E-state index in [2.05, 4.69) is 42.3 Å². The van der Waals surface area contributed by atoms with Crippen LogP contribution in [0.15, 0.2) is 48.6 Å². The van der Waals surface area contributed by atoms with Gasteiger partial charge in [-0.3, -0.25) is 4.90 Å². The fraction of sp³-hybridized carbons (Fsp3) is 0.333. The minimum Gasteiger partial charge on any atom is -0.508 e. The number of likely N-dealkylation sites (N-methyl/N-ethyl adjacent to an activating group) is 1. The Hall–Kier alpha value is -1.80. The van der Waals surface area contributed by atoms with E-state index in [0.29, 0.717) is 11.8 Å². The summed E-state index contributed by atoms with van der Waals surface area (Å²) in [6, 6.07) is 12.9. The molecule has 2 aromatic carbocycles. The highest BCUT2D eigenvalue weighted by Crippen LogP contribution is 2.46. The van der Waals surface area contributed by atoms with Crippen molar-refractivity contribution in [3.05, 3.63) is 54.1 Å². The standard InChI is InChI=1S/C18H19NO/c1-19-16-3-2-9-18(19,10-8-16)15-6-4-14-12-17(20)7-5-13(14)11-15/h2,4-7,9,11-12,16,20H,3,8,10H2,1H3. The summed E-state index contributed by atoms with van der Waals surface area (Å²) in [5, 5.41) is 11.9. The molecule has 2 bridgehead atoms. The van der Waals surface area contributed by atoms with E-state index in [-0.39, 0.29) is 5.54 Å². The maximum atomic E-state index is 9.57. The van der Waals surface area contributed by atoms with E-state index in [1.807, 2.05) is 12.1 Å². The summed E-state index contributed by atoms with van der Waals surface area (Å²) in [5.74, 6) is 0.332. The average molecular weight is 265 g/mol. The molecule has 2 aliphatic rings. The Morgan fingerprint density at radius 3 is 2.85 bits per heavy atom. The predicted molar refractivity (Wildman–Crippen MR) is 81.8 cm³/mol. The summed E-state index contributed by atoms with van der Waals surface area (Å²) in [7, 11) is 2.25. The molecule has 2 aliphatic heterocycles. The molecule has 2 aromatic rings. The largest absolute Gasteiger partial charge is 0.508 e. The van der Waals surface area contributed by atoms with Gasteiger partial charge < -0.3 is 5.11 Å². The molecule has 0 radical (unpaired) electrons. The van der Waals surface area contributed by atoms with E-state index in [0.717, 1.165) is 5.39 Å². The fourth-order valence-electron chi connectivity index (χ4n) is 3.93. The van der Waals surface area contributed by atoms with Gasteiger partial charge in [-0.25, -0.2) is 0 Å². The molecular weight excluding hydrogens is 246 g/mol. The van der Waals surface area contributed by atoms with Crippen LogP contribution in [-0.2, 0) is 5.54 Å². The normalized spacial score (nSPS) is 29.1. The van der Waals surface area contributed by atoms with Gasteiger partial charge in [0, 0.05) is 6.04 Å². The topological polar surface area (TPSA) is 23.5 Å². The molecule has 1 N–H and O–H groups in total. The molecule has 2 atom stereocenters. The summed E-state index contributed by atoms with van der Waals surface area (Å²) in [6.07, 6.45) is 8.39. The Balaban J connectivity index is 1.88. The summed E-state index contributed by atoms with van der Waals surface area (Å²) in [5.41, 5.74) is 1.45. The van der Waals surface area contributed by atoms with Gasteiger partial charge in [0.25, 0.3) is 0 Å². The third kappa shape index (κ3) is 1.55. The molecular formula is C18H19NO. The molecule has 4 rings (SSSR count). The van der Waals surface area contributed by atoms with Crippen LogP contribution in [0.5, 0.6) is 5.75 Å². The maximum absolute atomic E-state index is 9.57. The van der Waals surface area contributed by atoms with Gasteiger partial charge in [0.15, 0.2) is 0 Å². The Bertz CT molecular complexity index is 706. The van der Waals surface area contributed by atoms with Crippen molar-refractivity contribution in [2.75, 3.05) is 7.05 Å². The van der Waals surface area contributed by atoms with Gasteiger partial charge in [-0.15, -0.1) is 0 Å². The zero-order valence-corrected chi connectivity index (χ0v) is 11.7. The molecule has 2 nitrogen and oxygen atoms in total. The summed E-state index contributed by atoms with van der Waals surface area (Å²) in [4.78, 5) is 2.54. The van der Waals surface area contributed by atoms with Crippen molar-refractivity contribution in [3.63, 3.8) is 0 Å². The lowest BCUT2D eigenvalue weighted by Crippen LogP contribution is -2.42. The highest BCUT2D eigenvalue weighted by molar-refractivity contribution is 5.84. The van der Waals surface area contributed by atoms with Crippen molar-refractivity contribution in [2.45, 2.75) is 30.8 Å². The quantitative estimate of drug-likeness (QED) is 0.793. The number of fused-ring (bicyclic) bond motifs is 3. The van der Waals surface area contributed by atoms with E-state index in [1.54, 1.807) is 6.07 Å². The smallest absolute Gasteiger partial charge is 0.116 e. The van der Waals surface area contributed by atoms with Crippen LogP contribution in [0.1, 0.15) is 24.8 Å². The molecule has 2 heteroatoms.